The van der Waals surface area contributed by atoms with E-state index < -0.39 is 6.61 Å². The minimum absolute atomic E-state index is 0.00246. The summed E-state index contributed by atoms with van der Waals surface area (Å²) >= 11 is 0. The Labute approximate surface area is 158 Å². The first-order valence-electron chi connectivity index (χ1n) is 10.2. The van der Waals surface area contributed by atoms with Crippen LogP contribution in [0.15, 0.2) is 30.3 Å². The van der Waals surface area contributed by atoms with Gasteiger partial charge in [0.05, 0.1) is 0 Å². The molecule has 2 fully saturated rings. The quantitative estimate of drug-likeness (QED) is 0.544. The molecule has 4 unspecified atom stereocenters. The van der Waals surface area contributed by atoms with Gasteiger partial charge in [-0.05, 0) is 84.9 Å². The fraction of sp³-hybridized carbons (Fsp3) is 0.565. The average Bonchev–Trinajstić information content (AvgIpc) is 2.67. The lowest BCUT2D eigenvalue weighted by Gasteiger charge is -2.42. The zero-order valence-electron chi connectivity index (χ0n) is 15.8. The maximum Gasteiger partial charge on any atom is 0.387 e. The molecule has 0 saturated heterocycles. The second-order valence-corrected chi connectivity index (χ2v) is 8.38. The normalized spacial score (nSPS) is 28.3. The third-order valence-electron chi connectivity index (χ3n) is 6.89. The Kier molecular flexibility index (Phi) is 5.34. The van der Waals surface area contributed by atoms with Crippen molar-refractivity contribution >= 4 is 10.8 Å². The highest BCUT2D eigenvalue weighted by Gasteiger charge is 2.35. The van der Waals surface area contributed by atoms with E-state index in [0.29, 0.717) is 11.3 Å². The van der Waals surface area contributed by atoms with Crippen molar-refractivity contribution in [3.8, 4) is 5.75 Å². The van der Waals surface area contributed by atoms with Crippen LogP contribution in [0.1, 0.15) is 63.4 Å². The molecule has 2 aromatic rings. The molecule has 2 aliphatic carbocycles. The lowest BCUT2D eigenvalue weighted by atomic mass is 9.63. The van der Waals surface area contributed by atoms with E-state index in [2.05, 4.69) is 11.7 Å². The van der Waals surface area contributed by atoms with Crippen molar-refractivity contribution in [3.05, 3.63) is 41.7 Å². The van der Waals surface area contributed by atoms with E-state index in [1.807, 2.05) is 6.07 Å². The maximum atomic E-state index is 14.7. The van der Waals surface area contributed by atoms with Gasteiger partial charge in [-0.15, -0.1) is 0 Å². The van der Waals surface area contributed by atoms with Crippen LogP contribution in [0.25, 0.3) is 10.8 Å². The van der Waals surface area contributed by atoms with Crippen LogP contribution >= 0.6 is 0 Å². The van der Waals surface area contributed by atoms with Gasteiger partial charge in [0, 0.05) is 5.39 Å². The molecule has 2 aromatic carbocycles. The van der Waals surface area contributed by atoms with Crippen molar-refractivity contribution in [2.24, 2.45) is 17.8 Å². The minimum atomic E-state index is -2.90. The van der Waals surface area contributed by atoms with E-state index in [9.17, 15) is 13.2 Å². The Morgan fingerprint density at radius 1 is 1.00 bits per heavy atom. The van der Waals surface area contributed by atoms with E-state index in [-0.39, 0.29) is 11.6 Å². The molecule has 0 N–H and O–H groups in total. The van der Waals surface area contributed by atoms with E-state index in [1.165, 1.54) is 44.2 Å². The van der Waals surface area contributed by atoms with Gasteiger partial charge in [0.15, 0.2) is 0 Å². The van der Waals surface area contributed by atoms with E-state index in [4.69, 9.17) is 0 Å². The first-order chi connectivity index (χ1) is 13.0. The second-order valence-electron chi connectivity index (χ2n) is 8.38. The average molecular weight is 376 g/mol. The highest BCUT2D eigenvalue weighted by Crippen LogP contribution is 2.48. The lowest BCUT2D eigenvalue weighted by Crippen LogP contribution is -2.30. The smallest absolute Gasteiger partial charge is 0.387 e. The molecule has 4 rings (SSSR count). The van der Waals surface area contributed by atoms with Gasteiger partial charge >= 0.3 is 6.61 Å². The first kappa shape index (κ1) is 18.6. The molecule has 0 radical (unpaired) electrons. The molecule has 1 nitrogen and oxygen atoms in total. The SMILES string of the molecule is CCC1CCC2CC(c3cc(F)c4cc(OC(F)F)ccc4c3)CCC2C1. The predicted octanol–water partition coefficient (Wildman–Crippen LogP) is 7.29. The number of alkyl halides is 2. The third-order valence-corrected chi connectivity index (χ3v) is 6.89. The Balaban J connectivity index is 1.54. The molecule has 4 heteroatoms. The summed E-state index contributed by atoms with van der Waals surface area (Å²) in [6, 6.07) is 8.17. The molecule has 0 aromatic heterocycles. The van der Waals surface area contributed by atoms with Gasteiger partial charge in [-0.25, -0.2) is 4.39 Å². The molecule has 2 saturated carbocycles. The first-order valence-corrected chi connectivity index (χ1v) is 10.2. The van der Waals surface area contributed by atoms with Crippen molar-refractivity contribution in [2.45, 2.75) is 64.4 Å². The molecule has 0 aliphatic heterocycles. The summed E-state index contributed by atoms with van der Waals surface area (Å²) in [5.41, 5.74) is 1.05. The highest BCUT2D eigenvalue weighted by atomic mass is 19.3. The number of ether oxygens (including phenoxy) is 1. The fourth-order valence-electron chi connectivity index (χ4n) is 5.39. The number of fused-ring (bicyclic) bond motifs is 2. The van der Waals surface area contributed by atoms with Crippen molar-refractivity contribution in [2.75, 3.05) is 0 Å². The Morgan fingerprint density at radius 3 is 2.56 bits per heavy atom. The zero-order chi connectivity index (χ0) is 19.0. The van der Waals surface area contributed by atoms with Crippen LogP contribution in [0.4, 0.5) is 13.2 Å². The minimum Gasteiger partial charge on any atom is -0.435 e. The van der Waals surface area contributed by atoms with Crippen LogP contribution in [0.2, 0.25) is 0 Å². The van der Waals surface area contributed by atoms with Crippen molar-refractivity contribution in [1.82, 2.24) is 0 Å². The fourth-order valence-corrected chi connectivity index (χ4v) is 5.39. The highest BCUT2D eigenvalue weighted by molar-refractivity contribution is 5.85. The van der Waals surface area contributed by atoms with Crippen LogP contribution in [-0.4, -0.2) is 6.61 Å². The van der Waals surface area contributed by atoms with Gasteiger partial charge in [-0.3, -0.25) is 0 Å². The third kappa shape index (κ3) is 3.95. The Morgan fingerprint density at radius 2 is 1.78 bits per heavy atom. The molecular weight excluding hydrogens is 349 g/mol. The molecule has 27 heavy (non-hydrogen) atoms. The summed E-state index contributed by atoms with van der Waals surface area (Å²) in [4.78, 5) is 0. The Bertz CT molecular complexity index is 804. The molecule has 0 heterocycles. The topological polar surface area (TPSA) is 9.23 Å². The van der Waals surface area contributed by atoms with Crippen LogP contribution in [0.5, 0.6) is 5.75 Å². The van der Waals surface area contributed by atoms with E-state index in [1.54, 1.807) is 12.1 Å². The number of rotatable bonds is 4. The number of hydrogen-bond acceptors (Lipinski definition) is 1. The van der Waals surface area contributed by atoms with Crippen LogP contribution in [0, 0.1) is 23.6 Å². The Hall–Kier alpha value is -1.71. The zero-order valence-corrected chi connectivity index (χ0v) is 15.8. The summed E-state index contributed by atoms with van der Waals surface area (Å²) in [5.74, 6) is 2.56. The van der Waals surface area contributed by atoms with Gasteiger partial charge in [0.2, 0.25) is 0 Å². The summed E-state index contributed by atoms with van der Waals surface area (Å²) in [5, 5.41) is 1.09. The van der Waals surface area contributed by atoms with Gasteiger partial charge in [0.25, 0.3) is 0 Å². The van der Waals surface area contributed by atoms with Gasteiger partial charge in [-0.1, -0.05) is 31.9 Å². The van der Waals surface area contributed by atoms with Crippen molar-refractivity contribution in [1.29, 1.82) is 0 Å². The maximum absolute atomic E-state index is 14.7. The van der Waals surface area contributed by atoms with Gasteiger partial charge in [-0.2, -0.15) is 8.78 Å². The summed E-state index contributed by atoms with van der Waals surface area (Å²) in [7, 11) is 0. The van der Waals surface area contributed by atoms with Crippen LogP contribution < -0.4 is 4.74 Å². The van der Waals surface area contributed by atoms with E-state index >= 15 is 0 Å². The van der Waals surface area contributed by atoms with Crippen molar-refractivity contribution < 1.29 is 17.9 Å². The summed E-state index contributed by atoms with van der Waals surface area (Å²) in [6.07, 6.45) is 8.82. The summed E-state index contributed by atoms with van der Waals surface area (Å²) < 4.78 is 43.9. The molecule has 146 valence electrons. The molecule has 0 amide bonds. The lowest BCUT2D eigenvalue weighted by molar-refractivity contribution is -0.0497. The van der Waals surface area contributed by atoms with Crippen LogP contribution in [-0.2, 0) is 0 Å². The van der Waals surface area contributed by atoms with Gasteiger partial charge in [0.1, 0.15) is 11.6 Å². The molecule has 0 spiro atoms. The predicted molar refractivity (Wildman–Crippen MR) is 102 cm³/mol. The van der Waals surface area contributed by atoms with Gasteiger partial charge < -0.3 is 4.74 Å². The number of benzene rings is 2. The summed E-state index contributed by atoms with van der Waals surface area (Å²) in [6.45, 7) is -0.602. The molecule has 0 bridgehead atoms. The van der Waals surface area contributed by atoms with Crippen molar-refractivity contribution in [3.63, 3.8) is 0 Å². The molecule has 2 aliphatic rings. The largest absolute Gasteiger partial charge is 0.435 e. The second kappa shape index (κ2) is 7.73. The molecular formula is C23H27F3O. The monoisotopic (exact) mass is 376 g/mol. The number of halogens is 3. The number of hydrogen-bond donors (Lipinski definition) is 0. The standard InChI is InChI=1S/C23H27F3O/c1-2-14-3-4-16-10-17(6-5-15(16)9-14)19-11-18-7-8-20(27-23(25)26)13-21(18)22(24)12-19/h7-8,11-17,23H,2-6,9-10H2,1H3. The van der Waals surface area contributed by atoms with E-state index in [0.717, 1.165) is 41.5 Å². The molecule has 4 atom stereocenters. The van der Waals surface area contributed by atoms with Crippen LogP contribution in [0.3, 0.4) is 0 Å².